The van der Waals surface area contributed by atoms with Crippen molar-refractivity contribution in [3.05, 3.63) is 52.8 Å². The molecule has 0 aliphatic heterocycles. The van der Waals surface area contributed by atoms with Crippen LogP contribution < -0.4 is 5.32 Å². The van der Waals surface area contributed by atoms with Crippen LogP contribution in [0.4, 0.5) is 4.79 Å². The highest BCUT2D eigenvalue weighted by molar-refractivity contribution is 6.31. The standard InChI is InChI=1S/C18H20ClN3O4/c1-12-15(19)9-22(21-12)11-18(16(23)24,14-7-8-14)20-17(25)26-10-13-5-3-2-4-6-13/h2-6,9,14H,7-8,10-11H2,1H3,(H,20,25)(H,23,24). The molecule has 1 unspecified atom stereocenters. The molecule has 2 N–H and O–H groups in total. The van der Waals surface area contributed by atoms with Gasteiger partial charge < -0.3 is 15.2 Å². The van der Waals surface area contributed by atoms with Gasteiger partial charge in [-0.2, -0.15) is 5.10 Å². The SMILES string of the molecule is Cc1nn(CC(NC(=O)OCc2ccccc2)(C(=O)O)C2CC2)cc1Cl. The first-order valence-corrected chi connectivity index (χ1v) is 8.70. The Morgan fingerprint density at radius 2 is 2.08 bits per heavy atom. The number of carboxylic acids is 1. The van der Waals surface area contributed by atoms with Gasteiger partial charge in [0.15, 0.2) is 5.54 Å². The van der Waals surface area contributed by atoms with Crippen molar-refractivity contribution in [2.75, 3.05) is 0 Å². The third-order valence-corrected chi connectivity index (χ3v) is 4.86. The van der Waals surface area contributed by atoms with Crippen molar-refractivity contribution in [1.82, 2.24) is 15.1 Å². The number of ether oxygens (including phenoxy) is 1. The Kier molecular flexibility index (Phi) is 5.18. The normalized spacial score (nSPS) is 15.9. The lowest BCUT2D eigenvalue weighted by Gasteiger charge is -2.30. The Balaban J connectivity index is 1.73. The lowest BCUT2D eigenvalue weighted by Crippen LogP contribution is -2.59. The molecule has 138 valence electrons. The van der Waals surface area contributed by atoms with E-state index in [1.54, 1.807) is 13.1 Å². The monoisotopic (exact) mass is 377 g/mol. The second-order valence-electron chi connectivity index (χ2n) is 6.50. The Morgan fingerprint density at radius 1 is 1.38 bits per heavy atom. The van der Waals surface area contributed by atoms with Gasteiger partial charge in [0.05, 0.1) is 17.3 Å². The number of rotatable bonds is 7. The number of benzene rings is 1. The number of alkyl carbamates (subject to hydrolysis) is 1. The van der Waals surface area contributed by atoms with Crippen LogP contribution in [0.5, 0.6) is 0 Å². The minimum absolute atomic E-state index is 0.0129. The van der Waals surface area contributed by atoms with E-state index in [9.17, 15) is 14.7 Å². The van der Waals surface area contributed by atoms with Crippen molar-refractivity contribution in [2.24, 2.45) is 5.92 Å². The Bertz CT molecular complexity index is 785. The predicted octanol–water partition coefficient (Wildman–Crippen LogP) is 3.00. The van der Waals surface area contributed by atoms with E-state index in [1.165, 1.54) is 4.68 Å². The van der Waals surface area contributed by atoms with Crippen LogP contribution in [0.3, 0.4) is 0 Å². The number of hydrogen-bond acceptors (Lipinski definition) is 4. The van der Waals surface area contributed by atoms with Crippen LogP contribution >= 0.6 is 11.6 Å². The quantitative estimate of drug-likeness (QED) is 0.773. The lowest BCUT2D eigenvalue weighted by molar-refractivity contribution is -0.146. The van der Waals surface area contributed by atoms with Crippen LogP contribution in [-0.4, -0.2) is 32.5 Å². The molecule has 1 atom stereocenters. The molecular weight excluding hydrogens is 358 g/mol. The molecule has 0 saturated heterocycles. The van der Waals surface area contributed by atoms with E-state index in [-0.39, 0.29) is 19.1 Å². The fraction of sp³-hybridized carbons (Fsp3) is 0.389. The summed E-state index contributed by atoms with van der Waals surface area (Å²) in [6.45, 7) is 1.79. The van der Waals surface area contributed by atoms with Gasteiger partial charge in [-0.15, -0.1) is 0 Å². The number of nitrogens with zero attached hydrogens (tertiary/aromatic N) is 2. The van der Waals surface area contributed by atoms with E-state index in [2.05, 4.69) is 10.4 Å². The van der Waals surface area contributed by atoms with Crippen LogP contribution in [0.25, 0.3) is 0 Å². The summed E-state index contributed by atoms with van der Waals surface area (Å²) in [7, 11) is 0. The average Bonchev–Trinajstić information content (AvgIpc) is 3.40. The Morgan fingerprint density at radius 3 is 2.62 bits per heavy atom. The third-order valence-electron chi connectivity index (χ3n) is 4.49. The number of halogens is 1. The van der Waals surface area contributed by atoms with Crippen LogP contribution in [0.15, 0.2) is 36.5 Å². The van der Waals surface area contributed by atoms with Gasteiger partial charge in [-0.05, 0) is 31.2 Å². The highest BCUT2D eigenvalue weighted by atomic mass is 35.5. The van der Waals surface area contributed by atoms with Crippen LogP contribution in [-0.2, 0) is 22.7 Å². The fourth-order valence-corrected chi connectivity index (χ4v) is 3.06. The molecule has 1 fully saturated rings. The summed E-state index contributed by atoms with van der Waals surface area (Å²) in [6.07, 6.45) is 2.24. The number of carbonyl (C=O) groups excluding carboxylic acids is 1. The highest BCUT2D eigenvalue weighted by Crippen LogP contribution is 2.41. The first kappa shape index (κ1) is 18.3. The van der Waals surface area contributed by atoms with Gasteiger partial charge in [-0.25, -0.2) is 9.59 Å². The van der Waals surface area contributed by atoms with E-state index in [0.717, 1.165) is 18.4 Å². The molecule has 1 saturated carbocycles. The first-order chi connectivity index (χ1) is 12.4. The largest absolute Gasteiger partial charge is 0.479 e. The van der Waals surface area contributed by atoms with Gasteiger partial charge in [0, 0.05) is 6.20 Å². The lowest BCUT2D eigenvalue weighted by atomic mass is 9.93. The number of carbonyl (C=O) groups is 2. The smallest absolute Gasteiger partial charge is 0.408 e. The summed E-state index contributed by atoms with van der Waals surface area (Å²) >= 11 is 6.01. The number of aliphatic carboxylic acids is 1. The third kappa shape index (κ3) is 3.99. The van der Waals surface area contributed by atoms with Crippen molar-refractivity contribution in [3.8, 4) is 0 Å². The number of aryl methyl sites for hydroxylation is 1. The molecule has 0 bridgehead atoms. The van der Waals surface area contributed by atoms with Crippen molar-refractivity contribution in [1.29, 1.82) is 0 Å². The summed E-state index contributed by atoms with van der Waals surface area (Å²) in [5.41, 5.74) is -0.0480. The molecule has 1 aliphatic rings. The molecule has 1 heterocycles. The van der Waals surface area contributed by atoms with Gasteiger partial charge >= 0.3 is 12.1 Å². The van der Waals surface area contributed by atoms with Gasteiger partial charge in [0.1, 0.15) is 6.61 Å². The van der Waals surface area contributed by atoms with Crippen molar-refractivity contribution < 1.29 is 19.4 Å². The number of hydrogen-bond donors (Lipinski definition) is 2. The highest BCUT2D eigenvalue weighted by Gasteiger charge is 2.53. The van der Waals surface area contributed by atoms with Gasteiger partial charge in [0.25, 0.3) is 0 Å². The number of amides is 1. The van der Waals surface area contributed by atoms with Crippen molar-refractivity contribution in [3.63, 3.8) is 0 Å². The summed E-state index contributed by atoms with van der Waals surface area (Å²) < 4.78 is 6.67. The average molecular weight is 378 g/mol. The Labute approximate surface area is 155 Å². The zero-order valence-corrected chi connectivity index (χ0v) is 15.1. The van der Waals surface area contributed by atoms with Crippen molar-refractivity contribution in [2.45, 2.75) is 38.5 Å². The van der Waals surface area contributed by atoms with Gasteiger partial charge in [-0.3, -0.25) is 4.68 Å². The molecule has 1 aromatic carbocycles. The van der Waals surface area contributed by atoms with Gasteiger partial charge in [-0.1, -0.05) is 41.9 Å². The fourth-order valence-electron chi connectivity index (χ4n) is 2.91. The summed E-state index contributed by atoms with van der Waals surface area (Å²) in [4.78, 5) is 24.3. The molecule has 0 radical (unpaired) electrons. The second kappa shape index (κ2) is 7.37. The second-order valence-corrected chi connectivity index (χ2v) is 6.90. The zero-order chi connectivity index (χ0) is 18.7. The predicted molar refractivity (Wildman–Crippen MR) is 94.8 cm³/mol. The maximum absolute atomic E-state index is 12.3. The van der Waals surface area contributed by atoms with E-state index in [4.69, 9.17) is 16.3 Å². The number of carboxylic acid groups (broad SMARTS) is 1. The number of aromatic nitrogens is 2. The van der Waals surface area contributed by atoms with Crippen LogP contribution in [0, 0.1) is 12.8 Å². The minimum Gasteiger partial charge on any atom is -0.479 e. The minimum atomic E-state index is -1.48. The molecule has 8 heteroatoms. The van der Waals surface area contributed by atoms with E-state index in [1.807, 2.05) is 30.3 Å². The molecule has 1 aromatic heterocycles. The summed E-state index contributed by atoms with van der Waals surface area (Å²) in [6, 6.07) is 9.20. The molecule has 3 rings (SSSR count). The van der Waals surface area contributed by atoms with Gasteiger partial charge in [0.2, 0.25) is 0 Å². The van der Waals surface area contributed by atoms with Crippen molar-refractivity contribution >= 4 is 23.7 Å². The molecule has 2 aromatic rings. The molecule has 26 heavy (non-hydrogen) atoms. The van der Waals surface area contributed by atoms with Crippen LogP contribution in [0.1, 0.15) is 24.1 Å². The maximum Gasteiger partial charge on any atom is 0.408 e. The molecule has 1 amide bonds. The molecule has 1 aliphatic carbocycles. The summed E-state index contributed by atoms with van der Waals surface area (Å²) in [5, 5.41) is 17.1. The zero-order valence-electron chi connectivity index (χ0n) is 14.3. The topological polar surface area (TPSA) is 93.5 Å². The molecular formula is C18H20ClN3O4. The van der Waals surface area contributed by atoms with E-state index >= 15 is 0 Å². The van der Waals surface area contributed by atoms with E-state index in [0.29, 0.717) is 10.7 Å². The maximum atomic E-state index is 12.3. The molecule has 0 spiro atoms. The summed E-state index contributed by atoms with van der Waals surface area (Å²) in [5.74, 6) is -1.28. The Hall–Kier alpha value is -2.54. The number of nitrogens with one attached hydrogen (secondary N) is 1. The van der Waals surface area contributed by atoms with Crippen LogP contribution in [0.2, 0.25) is 5.02 Å². The van der Waals surface area contributed by atoms with E-state index < -0.39 is 17.6 Å². The first-order valence-electron chi connectivity index (χ1n) is 8.32. The molecule has 7 nitrogen and oxygen atoms in total.